The van der Waals surface area contributed by atoms with E-state index in [1.54, 1.807) is 6.07 Å². The van der Waals surface area contributed by atoms with E-state index < -0.39 is 5.54 Å². The fourth-order valence-corrected chi connectivity index (χ4v) is 3.31. The van der Waals surface area contributed by atoms with Crippen LogP contribution in [-0.4, -0.2) is 11.7 Å². The van der Waals surface area contributed by atoms with Crippen LogP contribution in [-0.2, 0) is 12.0 Å². The predicted molar refractivity (Wildman–Crippen MR) is 81.2 cm³/mol. The number of rotatable bonds is 3. The number of anilines is 1. The Morgan fingerprint density at radius 3 is 2.80 bits per heavy atom. The van der Waals surface area contributed by atoms with E-state index in [2.05, 4.69) is 21.2 Å². The highest BCUT2D eigenvalue weighted by Gasteiger charge is 2.39. The molecular weight excluding hydrogens is 321 g/mol. The molecule has 2 N–H and O–H groups in total. The normalized spacial score (nSPS) is 20.8. The smallest absolute Gasteiger partial charge is 0.126 e. The summed E-state index contributed by atoms with van der Waals surface area (Å²) in [6.07, 6.45) is 1.33. The van der Waals surface area contributed by atoms with Gasteiger partial charge in [-0.25, -0.2) is 4.39 Å². The quantitative estimate of drug-likeness (QED) is 0.893. The van der Waals surface area contributed by atoms with Crippen LogP contribution in [0.4, 0.5) is 10.1 Å². The van der Waals surface area contributed by atoms with Crippen molar-refractivity contribution in [2.45, 2.75) is 18.4 Å². The summed E-state index contributed by atoms with van der Waals surface area (Å²) in [6, 6.07) is 12.8. The molecule has 0 fully saturated rings. The molecule has 4 heteroatoms. The molecule has 3 rings (SSSR count). The van der Waals surface area contributed by atoms with Gasteiger partial charge in [0.15, 0.2) is 0 Å². The largest absolute Gasteiger partial charge is 0.394 e. The monoisotopic (exact) mass is 335 g/mol. The van der Waals surface area contributed by atoms with Gasteiger partial charge in [0.1, 0.15) is 5.82 Å². The van der Waals surface area contributed by atoms with Gasteiger partial charge in [0.25, 0.3) is 0 Å². The topological polar surface area (TPSA) is 32.3 Å². The molecule has 0 radical (unpaired) electrons. The van der Waals surface area contributed by atoms with Crippen LogP contribution in [0, 0.1) is 5.82 Å². The zero-order valence-corrected chi connectivity index (χ0v) is 12.5. The molecule has 2 aromatic carbocycles. The molecule has 1 unspecified atom stereocenters. The Balaban J connectivity index is 2.01. The van der Waals surface area contributed by atoms with E-state index in [9.17, 15) is 9.50 Å². The van der Waals surface area contributed by atoms with Gasteiger partial charge in [0, 0.05) is 10.2 Å². The summed E-state index contributed by atoms with van der Waals surface area (Å²) in [5.41, 5.74) is 1.88. The summed E-state index contributed by atoms with van der Waals surface area (Å²) in [6.45, 7) is -0.0596. The van der Waals surface area contributed by atoms with Crippen molar-refractivity contribution in [3.63, 3.8) is 0 Å². The highest BCUT2D eigenvalue weighted by Crippen LogP contribution is 2.40. The minimum atomic E-state index is -0.599. The van der Waals surface area contributed by atoms with E-state index in [0.717, 1.165) is 15.7 Å². The molecular formula is C16H15BrFNO. The average molecular weight is 336 g/mol. The molecule has 0 aliphatic heterocycles. The van der Waals surface area contributed by atoms with Crippen LogP contribution >= 0.6 is 15.9 Å². The van der Waals surface area contributed by atoms with E-state index in [0.29, 0.717) is 18.4 Å². The lowest BCUT2D eigenvalue weighted by Gasteiger charge is -2.31. The Morgan fingerprint density at radius 2 is 2.05 bits per heavy atom. The van der Waals surface area contributed by atoms with Crippen molar-refractivity contribution in [2.75, 3.05) is 11.9 Å². The molecule has 0 spiro atoms. The maximum atomic E-state index is 13.9. The molecule has 0 saturated carbocycles. The molecule has 2 aromatic rings. The first-order valence-electron chi connectivity index (χ1n) is 6.57. The Bertz CT molecular complexity index is 646. The van der Waals surface area contributed by atoms with Crippen molar-refractivity contribution in [3.8, 4) is 0 Å². The minimum absolute atomic E-state index is 0.0596. The van der Waals surface area contributed by atoms with Gasteiger partial charge in [0.05, 0.1) is 12.1 Å². The second-order valence-corrected chi connectivity index (χ2v) is 6.06. The van der Waals surface area contributed by atoms with Gasteiger partial charge in [-0.05, 0) is 48.2 Å². The van der Waals surface area contributed by atoms with Gasteiger partial charge in [-0.3, -0.25) is 0 Å². The first-order valence-corrected chi connectivity index (χ1v) is 7.36. The van der Waals surface area contributed by atoms with E-state index in [-0.39, 0.29) is 12.4 Å². The fourth-order valence-electron chi connectivity index (χ4n) is 2.91. The SMILES string of the molecule is OCC1(Nc2cccc(Br)c2)CCc2c(F)cccc21. The Morgan fingerprint density at radius 1 is 1.25 bits per heavy atom. The molecule has 0 bridgehead atoms. The summed E-state index contributed by atoms with van der Waals surface area (Å²) in [5, 5.41) is 13.3. The molecule has 1 aliphatic rings. The molecule has 0 saturated heterocycles. The van der Waals surface area contributed by atoms with E-state index in [1.807, 2.05) is 30.3 Å². The van der Waals surface area contributed by atoms with Crippen molar-refractivity contribution >= 4 is 21.6 Å². The van der Waals surface area contributed by atoms with Crippen molar-refractivity contribution in [3.05, 3.63) is 63.9 Å². The van der Waals surface area contributed by atoms with Crippen molar-refractivity contribution < 1.29 is 9.50 Å². The molecule has 0 amide bonds. The summed E-state index contributed by atoms with van der Waals surface area (Å²) in [5.74, 6) is -0.186. The predicted octanol–water partition coefficient (Wildman–Crippen LogP) is 3.83. The van der Waals surface area contributed by atoms with E-state index in [4.69, 9.17) is 0 Å². The van der Waals surface area contributed by atoms with E-state index in [1.165, 1.54) is 6.07 Å². The first kappa shape index (κ1) is 13.6. The number of hydrogen-bond acceptors (Lipinski definition) is 2. The Labute approximate surface area is 125 Å². The van der Waals surface area contributed by atoms with Crippen molar-refractivity contribution in [2.24, 2.45) is 0 Å². The van der Waals surface area contributed by atoms with Crippen molar-refractivity contribution in [1.29, 1.82) is 0 Å². The van der Waals surface area contributed by atoms with Crippen LogP contribution in [0.2, 0.25) is 0 Å². The fraction of sp³-hybridized carbons (Fsp3) is 0.250. The van der Waals surface area contributed by atoms with Crippen LogP contribution < -0.4 is 5.32 Å². The molecule has 1 atom stereocenters. The lowest BCUT2D eigenvalue weighted by atomic mass is 9.92. The minimum Gasteiger partial charge on any atom is -0.394 e. The first-order chi connectivity index (χ1) is 9.64. The highest BCUT2D eigenvalue weighted by atomic mass is 79.9. The molecule has 2 nitrogen and oxygen atoms in total. The van der Waals surface area contributed by atoms with Gasteiger partial charge in [0.2, 0.25) is 0 Å². The number of halogens is 2. The molecule has 104 valence electrons. The number of nitrogens with one attached hydrogen (secondary N) is 1. The number of fused-ring (bicyclic) bond motifs is 1. The maximum absolute atomic E-state index is 13.9. The standard InChI is InChI=1S/C16H15BrFNO/c17-11-3-1-4-12(9-11)19-16(10-20)8-7-13-14(16)5-2-6-15(13)18/h1-6,9,19-20H,7-8,10H2. The number of aliphatic hydroxyl groups excluding tert-OH is 1. The van der Waals surface area contributed by atoms with Gasteiger partial charge in [-0.1, -0.05) is 34.1 Å². The number of aliphatic hydroxyl groups is 1. The zero-order chi connectivity index (χ0) is 14.2. The van der Waals surface area contributed by atoms with Gasteiger partial charge in [-0.2, -0.15) is 0 Å². The number of hydrogen-bond donors (Lipinski definition) is 2. The summed E-state index contributed by atoms with van der Waals surface area (Å²) < 4.78 is 14.8. The third kappa shape index (κ3) is 2.23. The average Bonchev–Trinajstić information content (AvgIpc) is 2.80. The molecule has 0 aromatic heterocycles. The Kier molecular flexibility index (Phi) is 3.52. The molecule has 20 heavy (non-hydrogen) atoms. The van der Waals surface area contributed by atoms with Crippen molar-refractivity contribution in [1.82, 2.24) is 0 Å². The zero-order valence-electron chi connectivity index (χ0n) is 10.9. The van der Waals surface area contributed by atoms with Crippen LogP contribution in [0.3, 0.4) is 0 Å². The van der Waals surface area contributed by atoms with Crippen LogP contribution in [0.15, 0.2) is 46.9 Å². The summed E-state index contributed by atoms with van der Waals surface area (Å²) >= 11 is 3.43. The third-order valence-electron chi connectivity index (χ3n) is 3.91. The maximum Gasteiger partial charge on any atom is 0.126 e. The van der Waals surface area contributed by atoms with Crippen LogP contribution in [0.5, 0.6) is 0 Å². The van der Waals surface area contributed by atoms with Gasteiger partial charge in [-0.15, -0.1) is 0 Å². The Hall–Kier alpha value is -1.39. The van der Waals surface area contributed by atoms with Crippen LogP contribution in [0.25, 0.3) is 0 Å². The lowest BCUT2D eigenvalue weighted by Crippen LogP contribution is -2.36. The van der Waals surface area contributed by atoms with Crippen LogP contribution in [0.1, 0.15) is 17.5 Å². The highest BCUT2D eigenvalue weighted by molar-refractivity contribution is 9.10. The summed E-state index contributed by atoms with van der Waals surface area (Å²) in [4.78, 5) is 0. The summed E-state index contributed by atoms with van der Waals surface area (Å²) in [7, 11) is 0. The van der Waals surface area contributed by atoms with E-state index >= 15 is 0 Å². The number of benzene rings is 2. The second-order valence-electron chi connectivity index (χ2n) is 5.14. The lowest BCUT2D eigenvalue weighted by molar-refractivity contribution is 0.211. The molecule has 0 heterocycles. The second kappa shape index (κ2) is 5.19. The third-order valence-corrected chi connectivity index (χ3v) is 4.41. The van der Waals surface area contributed by atoms with Gasteiger partial charge >= 0.3 is 0 Å². The molecule has 1 aliphatic carbocycles. The van der Waals surface area contributed by atoms with Gasteiger partial charge < -0.3 is 10.4 Å².